The summed E-state index contributed by atoms with van der Waals surface area (Å²) in [6, 6.07) is 14.4. The number of benzene rings is 2. The fraction of sp³-hybridized carbons (Fsp3) is 0.100. The minimum Gasteiger partial charge on any atom is -0.313 e. The highest BCUT2D eigenvalue weighted by Gasteiger charge is 2.54. The Morgan fingerprint density at radius 3 is 2.42 bits per heavy atom. The van der Waals surface area contributed by atoms with E-state index in [-0.39, 0.29) is 21.7 Å². The summed E-state index contributed by atoms with van der Waals surface area (Å²) >= 11 is 0.635. The van der Waals surface area contributed by atoms with E-state index in [9.17, 15) is 14.0 Å². The maximum atomic E-state index is 15.7. The number of hydrogen-bond acceptors (Lipinski definition) is 3. The number of amides is 1. The van der Waals surface area contributed by atoms with Crippen molar-refractivity contribution in [1.29, 1.82) is 0 Å². The average molecular weight is 369 g/mol. The second-order valence-corrected chi connectivity index (χ2v) is 7.10. The molecule has 26 heavy (non-hydrogen) atoms. The monoisotopic (exact) mass is 369 g/mol. The number of Topliss-reactive ketones (excluding diaryl/α,β-unsaturated/α-hetero) is 1. The molecule has 130 valence electrons. The van der Waals surface area contributed by atoms with Gasteiger partial charge in [0.15, 0.2) is 5.13 Å². The van der Waals surface area contributed by atoms with Gasteiger partial charge in [-0.1, -0.05) is 71.5 Å². The molecule has 0 saturated heterocycles. The second kappa shape index (κ2) is 5.85. The van der Waals surface area contributed by atoms with Gasteiger partial charge in [-0.3, -0.25) is 9.59 Å². The Labute approximate surface area is 152 Å². The first-order chi connectivity index (χ1) is 12.4. The van der Waals surface area contributed by atoms with E-state index < -0.39 is 22.5 Å². The van der Waals surface area contributed by atoms with Crippen LogP contribution in [0.15, 0.2) is 54.6 Å². The van der Waals surface area contributed by atoms with Gasteiger partial charge in [-0.05, 0) is 12.5 Å². The smallest absolute Gasteiger partial charge is 0.275 e. The molecule has 2 heterocycles. The third-order valence-corrected chi connectivity index (χ3v) is 5.32. The Morgan fingerprint density at radius 2 is 1.73 bits per heavy atom. The molecule has 2 aromatic carbocycles. The third kappa shape index (κ3) is 2.29. The summed E-state index contributed by atoms with van der Waals surface area (Å²) < 4.78 is 30.3. The molecule has 0 aliphatic carbocycles. The number of ketones is 1. The fourth-order valence-corrected chi connectivity index (χ4v) is 4.10. The summed E-state index contributed by atoms with van der Waals surface area (Å²) in [6.07, 6.45) is 0. The second-order valence-electron chi connectivity index (χ2n) is 6.13. The van der Waals surface area contributed by atoms with Crippen LogP contribution in [0.5, 0.6) is 0 Å². The first kappa shape index (κ1) is 16.6. The first-order valence-corrected chi connectivity index (χ1v) is 8.74. The van der Waals surface area contributed by atoms with Crippen LogP contribution < -0.4 is 5.32 Å². The van der Waals surface area contributed by atoms with Crippen LogP contribution in [0.2, 0.25) is 0 Å². The van der Waals surface area contributed by atoms with Crippen molar-refractivity contribution < 1.29 is 18.4 Å². The number of halogens is 2. The number of aryl methyl sites for hydroxylation is 1. The zero-order valence-electron chi connectivity index (χ0n) is 13.7. The van der Waals surface area contributed by atoms with Crippen LogP contribution in [-0.4, -0.2) is 11.7 Å². The molecule has 0 bridgehead atoms. The molecule has 1 N–H and O–H groups in total. The van der Waals surface area contributed by atoms with Crippen molar-refractivity contribution in [1.82, 2.24) is 0 Å². The van der Waals surface area contributed by atoms with Crippen molar-refractivity contribution in [2.45, 2.75) is 12.6 Å². The molecule has 1 unspecified atom stereocenters. The van der Waals surface area contributed by atoms with Gasteiger partial charge < -0.3 is 5.32 Å². The summed E-state index contributed by atoms with van der Waals surface area (Å²) in [5.41, 5.74) is -1.71. The zero-order chi connectivity index (χ0) is 18.5. The van der Waals surface area contributed by atoms with Gasteiger partial charge in [0.2, 0.25) is 5.78 Å². The summed E-state index contributed by atoms with van der Waals surface area (Å²) in [5, 5.41) is 1.78. The molecule has 3 aromatic rings. The molecule has 0 saturated carbocycles. The Hall–Kier alpha value is -2.86. The number of anilines is 1. The van der Waals surface area contributed by atoms with E-state index in [0.29, 0.717) is 16.9 Å². The van der Waals surface area contributed by atoms with Crippen LogP contribution in [0.4, 0.5) is 13.8 Å². The lowest BCUT2D eigenvalue weighted by Crippen LogP contribution is -2.47. The molecule has 3 nitrogen and oxygen atoms in total. The highest BCUT2D eigenvalue weighted by molar-refractivity contribution is 7.15. The van der Waals surface area contributed by atoms with E-state index in [2.05, 4.69) is 5.32 Å². The van der Waals surface area contributed by atoms with Gasteiger partial charge in [0.05, 0.1) is 5.56 Å². The number of fused-ring (bicyclic) bond motifs is 1. The lowest BCUT2D eigenvalue weighted by atomic mass is 9.83. The average Bonchev–Trinajstić information content (AvgIpc) is 2.96. The minimum absolute atomic E-state index is 0.0247. The Morgan fingerprint density at radius 1 is 1.00 bits per heavy atom. The minimum atomic E-state index is -2.89. The van der Waals surface area contributed by atoms with Crippen LogP contribution in [0, 0.1) is 12.1 Å². The molecule has 6 heteroatoms. The fourth-order valence-electron chi connectivity index (χ4n) is 3.16. The van der Waals surface area contributed by atoms with E-state index in [1.54, 1.807) is 36.4 Å². The van der Waals surface area contributed by atoms with Gasteiger partial charge in [0.25, 0.3) is 11.6 Å². The molecule has 0 fully saturated rings. The largest absolute Gasteiger partial charge is 0.313 e. The predicted octanol–water partition coefficient (Wildman–Crippen LogP) is 4.86. The Kier molecular flexibility index (Phi) is 3.73. The van der Waals surface area contributed by atoms with Crippen molar-refractivity contribution in [2.24, 2.45) is 0 Å². The maximum Gasteiger partial charge on any atom is 0.275 e. The number of thiophene rings is 1. The molecule has 1 aliphatic rings. The molecule has 1 atom stereocenters. The lowest BCUT2D eigenvalue weighted by Gasteiger charge is -2.28. The molecular weight excluding hydrogens is 356 g/mol. The highest BCUT2D eigenvalue weighted by atomic mass is 32.1. The quantitative estimate of drug-likeness (QED) is 0.656. The number of nitrogens with one attached hydrogen (secondary N) is 1. The van der Waals surface area contributed by atoms with E-state index in [1.807, 2.05) is 13.0 Å². The molecule has 0 spiro atoms. The SMILES string of the molecule is Cc1cccc(-c2c(F)sc3c2C(=O)C(F)(c2ccccc2)C(=O)N3)c1. The van der Waals surface area contributed by atoms with Crippen LogP contribution in [-0.2, 0) is 10.5 Å². The number of carbonyl (C=O) groups is 2. The third-order valence-electron chi connectivity index (χ3n) is 4.42. The van der Waals surface area contributed by atoms with E-state index >= 15 is 4.39 Å². The van der Waals surface area contributed by atoms with E-state index in [1.165, 1.54) is 12.1 Å². The zero-order valence-corrected chi connectivity index (χ0v) is 14.5. The Bertz CT molecular complexity index is 1050. The van der Waals surface area contributed by atoms with Crippen molar-refractivity contribution in [2.75, 3.05) is 5.32 Å². The van der Waals surface area contributed by atoms with Crippen molar-refractivity contribution in [3.05, 3.63) is 76.4 Å². The van der Waals surface area contributed by atoms with Crippen LogP contribution >= 0.6 is 11.3 Å². The van der Waals surface area contributed by atoms with E-state index in [0.717, 1.165) is 5.56 Å². The molecular formula is C20H13F2NO2S. The van der Waals surface area contributed by atoms with Crippen LogP contribution in [0.1, 0.15) is 21.5 Å². The summed E-state index contributed by atoms with van der Waals surface area (Å²) in [5.74, 6) is -2.14. The van der Waals surface area contributed by atoms with Gasteiger partial charge in [-0.2, -0.15) is 4.39 Å². The molecule has 1 aromatic heterocycles. The summed E-state index contributed by atoms with van der Waals surface area (Å²) in [6.45, 7) is 1.84. The molecule has 4 rings (SSSR count). The van der Waals surface area contributed by atoms with Gasteiger partial charge in [-0.25, -0.2) is 4.39 Å². The van der Waals surface area contributed by atoms with Gasteiger partial charge in [-0.15, -0.1) is 0 Å². The number of rotatable bonds is 2. The molecule has 1 aliphatic heterocycles. The number of alkyl halides is 1. The number of carbonyl (C=O) groups excluding carboxylic acids is 2. The number of hydrogen-bond donors (Lipinski definition) is 1. The Balaban J connectivity index is 1.95. The summed E-state index contributed by atoms with van der Waals surface area (Å²) in [4.78, 5) is 25.4. The highest BCUT2D eigenvalue weighted by Crippen LogP contribution is 2.47. The maximum absolute atomic E-state index is 15.7. The molecule has 1 amide bonds. The van der Waals surface area contributed by atoms with Crippen molar-refractivity contribution >= 4 is 28.0 Å². The van der Waals surface area contributed by atoms with Gasteiger partial charge >= 0.3 is 0 Å². The summed E-state index contributed by atoms with van der Waals surface area (Å²) in [7, 11) is 0. The first-order valence-electron chi connectivity index (χ1n) is 7.93. The van der Waals surface area contributed by atoms with Gasteiger partial charge in [0, 0.05) is 11.1 Å². The topological polar surface area (TPSA) is 46.2 Å². The van der Waals surface area contributed by atoms with Crippen molar-refractivity contribution in [3.63, 3.8) is 0 Å². The molecule has 0 radical (unpaired) electrons. The van der Waals surface area contributed by atoms with Gasteiger partial charge in [0.1, 0.15) is 5.00 Å². The van der Waals surface area contributed by atoms with Crippen LogP contribution in [0.3, 0.4) is 0 Å². The van der Waals surface area contributed by atoms with Crippen LogP contribution in [0.25, 0.3) is 11.1 Å². The van der Waals surface area contributed by atoms with Crippen molar-refractivity contribution in [3.8, 4) is 11.1 Å². The normalized spacial score (nSPS) is 19.2. The lowest BCUT2D eigenvalue weighted by molar-refractivity contribution is -0.125. The van der Waals surface area contributed by atoms with E-state index in [4.69, 9.17) is 0 Å². The standard InChI is InChI=1S/C20H13F2NO2S/c1-11-6-5-7-12(10-11)14-15-16(24)20(22,13-8-3-2-4-9-13)19(25)23-18(15)26-17(14)21/h2-10H,1H3,(H,23,25). The predicted molar refractivity (Wildman–Crippen MR) is 96.6 cm³/mol.